The number of hydrogen-bond acceptors (Lipinski definition) is 5. The second-order valence-corrected chi connectivity index (χ2v) is 8.07. The molecule has 174 valence electrons. The molecule has 7 rings (SSSR count). The van der Waals surface area contributed by atoms with Gasteiger partial charge in [-0.2, -0.15) is 24.3 Å². The van der Waals surface area contributed by atoms with E-state index in [9.17, 15) is 0 Å². The van der Waals surface area contributed by atoms with Gasteiger partial charge in [0.1, 0.15) is 23.0 Å². The number of para-hydroxylation sites is 3. The van der Waals surface area contributed by atoms with E-state index in [0.717, 1.165) is 33.1 Å². The van der Waals surface area contributed by atoms with E-state index in [4.69, 9.17) is 14.0 Å². The molecule has 0 unspecified atom stereocenters. The Balaban J connectivity index is 0.00000240. The van der Waals surface area contributed by atoms with Gasteiger partial charge in [0.05, 0.1) is 5.52 Å². The molecule has 1 aliphatic heterocycles. The van der Waals surface area contributed by atoms with Crippen LogP contribution in [0.3, 0.4) is 0 Å². The Kier molecular flexibility index (Phi) is 5.70. The number of nitrogens with zero attached hydrogens (tertiary/aromatic N) is 3. The third-order valence-corrected chi connectivity index (χ3v) is 5.90. The molecule has 8 heteroatoms. The molecule has 0 N–H and O–H groups in total. The second-order valence-electron chi connectivity index (χ2n) is 8.07. The van der Waals surface area contributed by atoms with E-state index in [-0.39, 0.29) is 21.1 Å². The number of ether oxygens (including phenoxy) is 1. The SMILES string of the molecule is [Pt+2].[c-]1c(Oc2[c-]c(-n3c4ccccc4c4cccnc43)ccn2)cccc1B1Oc2ccccc2O1. The molecule has 0 spiro atoms. The fraction of sp³-hybridized carbons (Fsp3) is 0. The van der Waals surface area contributed by atoms with Gasteiger partial charge < -0.3 is 18.6 Å². The van der Waals surface area contributed by atoms with Crippen molar-refractivity contribution < 1.29 is 35.1 Å². The predicted molar refractivity (Wildman–Crippen MR) is 134 cm³/mol. The van der Waals surface area contributed by atoms with Gasteiger partial charge in [-0.05, 0) is 36.5 Å². The monoisotopic (exact) mass is 648 g/mol. The van der Waals surface area contributed by atoms with Crippen LogP contribution in [0.15, 0.2) is 97.3 Å². The zero-order chi connectivity index (χ0) is 23.2. The number of benzene rings is 3. The Morgan fingerprint density at radius 3 is 2.36 bits per heavy atom. The first kappa shape index (κ1) is 22.4. The summed E-state index contributed by atoms with van der Waals surface area (Å²) in [4.78, 5) is 9.00. The maximum absolute atomic E-state index is 6.05. The molecular weight excluding hydrogens is 632 g/mol. The largest absolute Gasteiger partial charge is 2.00 e. The third kappa shape index (κ3) is 3.82. The summed E-state index contributed by atoms with van der Waals surface area (Å²) in [5.74, 6) is 2.24. The van der Waals surface area contributed by atoms with Crippen molar-refractivity contribution in [3.05, 3.63) is 109 Å². The average Bonchev–Trinajstić information content (AvgIpc) is 3.49. The Hall–Kier alpha value is -4.09. The quantitative estimate of drug-likeness (QED) is 0.196. The molecule has 0 aliphatic carbocycles. The van der Waals surface area contributed by atoms with Crippen LogP contribution in [-0.2, 0) is 21.1 Å². The van der Waals surface area contributed by atoms with E-state index in [0.29, 0.717) is 23.1 Å². The third-order valence-electron chi connectivity index (χ3n) is 5.90. The molecule has 36 heavy (non-hydrogen) atoms. The molecule has 6 nitrogen and oxygen atoms in total. The van der Waals surface area contributed by atoms with Crippen molar-refractivity contribution in [3.63, 3.8) is 0 Å². The molecule has 0 bridgehead atoms. The number of fused-ring (bicyclic) bond motifs is 4. The first-order valence-electron chi connectivity index (χ1n) is 11.2. The standard InChI is InChI=1S/C28H16BN3O3.Pt/c1-2-11-24-22(9-1)23-10-6-15-31-28(23)32(24)20-14-16-30-27(18-20)33-21-8-5-7-19(17-21)29-34-25-12-3-4-13-26(25)35-29;/h1-16H;/q-2;+2. The first-order valence-corrected chi connectivity index (χ1v) is 11.2. The Morgan fingerprint density at radius 1 is 0.722 bits per heavy atom. The summed E-state index contributed by atoms with van der Waals surface area (Å²) in [7, 11) is -0.581. The van der Waals surface area contributed by atoms with Crippen LogP contribution in [-0.4, -0.2) is 21.7 Å². The Bertz CT molecular complexity index is 1640. The Labute approximate surface area is 221 Å². The molecular formula is C28H16BN3O3Pt. The van der Waals surface area contributed by atoms with Gasteiger partial charge in [-0.25, -0.2) is 4.98 Å². The minimum atomic E-state index is -0.581. The van der Waals surface area contributed by atoms with Crippen molar-refractivity contribution in [2.45, 2.75) is 0 Å². The smallest absolute Gasteiger partial charge is 0.521 e. The molecule has 0 radical (unpaired) electrons. The fourth-order valence-corrected chi connectivity index (χ4v) is 4.37. The number of aromatic nitrogens is 3. The van der Waals surface area contributed by atoms with Crippen molar-refractivity contribution in [2.75, 3.05) is 0 Å². The molecule has 3 aromatic carbocycles. The topological polar surface area (TPSA) is 58.4 Å². The fourth-order valence-electron chi connectivity index (χ4n) is 4.37. The normalized spacial score (nSPS) is 12.1. The zero-order valence-electron chi connectivity index (χ0n) is 18.7. The van der Waals surface area contributed by atoms with Crippen LogP contribution in [0, 0.1) is 12.1 Å². The summed E-state index contributed by atoms with van der Waals surface area (Å²) in [6, 6.07) is 33.8. The summed E-state index contributed by atoms with van der Waals surface area (Å²) in [6.07, 6.45) is 3.50. The van der Waals surface area contributed by atoms with E-state index < -0.39 is 7.12 Å². The molecule has 0 fully saturated rings. The van der Waals surface area contributed by atoms with E-state index in [1.165, 1.54) is 0 Å². The van der Waals surface area contributed by atoms with Gasteiger partial charge >= 0.3 is 28.2 Å². The van der Waals surface area contributed by atoms with Gasteiger partial charge in [0, 0.05) is 22.7 Å². The summed E-state index contributed by atoms with van der Waals surface area (Å²) in [5.41, 5.74) is 3.40. The van der Waals surface area contributed by atoms with Crippen molar-refractivity contribution in [1.82, 2.24) is 14.5 Å². The van der Waals surface area contributed by atoms with Gasteiger partial charge in [-0.1, -0.05) is 35.8 Å². The van der Waals surface area contributed by atoms with Crippen LogP contribution in [0.5, 0.6) is 23.1 Å². The molecule has 1 aliphatic rings. The molecule has 6 aromatic rings. The van der Waals surface area contributed by atoms with Crippen LogP contribution >= 0.6 is 0 Å². The summed E-state index contributed by atoms with van der Waals surface area (Å²) >= 11 is 0. The van der Waals surface area contributed by atoms with E-state index in [2.05, 4.69) is 44.9 Å². The summed E-state index contributed by atoms with van der Waals surface area (Å²) < 4.78 is 19.9. The van der Waals surface area contributed by atoms with Gasteiger partial charge in [0.2, 0.25) is 0 Å². The first-order chi connectivity index (χ1) is 17.3. The maximum atomic E-state index is 6.05. The summed E-state index contributed by atoms with van der Waals surface area (Å²) in [6.45, 7) is 0. The number of pyridine rings is 2. The van der Waals surface area contributed by atoms with E-state index >= 15 is 0 Å². The van der Waals surface area contributed by atoms with Crippen LogP contribution in [0.1, 0.15) is 0 Å². The molecule has 4 heterocycles. The van der Waals surface area contributed by atoms with Crippen molar-refractivity contribution >= 4 is 34.5 Å². The van der Waals surface area contributed by atoms with Gasteiger partial charge in [0.15, 0.2) is 0 Å². The van der Waals surface area contributed by atoms with Gasteiger partial charge in [-0.15, -0.1) is 17.8 Å². The van der Waals surface area contributed by atoms with E-state index in [1.807, 2.05) is 66.7 Å². The summed E-state index contributed by atoms with van der Waals surface area (Å²) in [5, 5.41) is 2.20. The van der Waals surface area contributed by atoms with E-state index in [1.54, 1.807) is 12.4 Å². The second kappa shape index (κ2) is 9.17. The molecule has 0 amide bonds. The Morgan fingerprint density at radius 2 is 1.50 bits per heavy atom. The minimum Gasteiger partial charge on any atom is -0.521 e. The van der Waals surface area contributed by atoms with Gasteiger partial charge in [0.25, 0.3) is 0 Å². The molecule has 0 saturated heterocycles. The van der Waals surface area contributed by atoms with Crippen LogP contribution < -0.4 is 19.5 Å². The molecule has 3 aromatic heterocycles. The molecule has 0 saturated carbocycles. The van der Waals surface area contributed by atoms with Crippen LogP contribution in [0.2, 0.25) is 0 Å². The van der Waals surface area contributed by atoms with Crippen LogP contribution in [0.25, 0.3) is 27.6 Å². The van der Waals surface area contributed by atoms with Crippen molar-refractivity contribution in [1.29, 1.82) is 0 Å². The average molecular weight is 648 g/mol. The molecule has 0 atom stereocenters. The van der Waals surface area contributed by atoms with Crippen LogP contribution in [0.4, 0.5) is 0 Å². The zero-order valence-corrected chi connectivity index (χ0v) is 21.0. The predicted octanol–water partition coefficient (Wildman–Crippen LogP) is 5.13. The maximum Gasteiger partial charge on any atom is 2.00 e. The minimum absolute atomic E-state index is 0. The number of hydrogen-bond donors (Lipinski definition) is 0. The van der Waals surface area contributed by atoms with Crippen molar-refractivity contribution in [2.24, 2.45) is 0 Å². The number of rotatable bonds is 4. The van der Waals surface area contributed by atoms with Crippen molar-refractivity contribution in [3.8, 4) is 28.8 Å². The van der Waals surface area contributed by atoms with Gasteiger partial charge in [-0.3, -0.25) is 4.98 Å².